The Kier molecular flexibility index (Phi) is 5.89. The van der Waals surface area contributed by atoms with Gasteiger partial charge < -0.3 is 9.88 Å². The topological polar surface area (TPSA) is 46.4 Å². The zero-order valence-corrected chi connectivity index (χ0v) is 16.2. The second-order valence-corrected chi connectivity index (χ2v) is 7.97. The summed E-state index contributed by atoms with van der Waals surface area (Å²) in [7, 11) is 2.00. The van der Waals surface area contributed by atoms with Crippen LogP contribution in [0.4, 0.5) is 5.69 Å². The summed E-state index contributed by atoms with van der Waals surface area (Å²) in [5, 5.41) is 4.98. The van der Waals surface area contributed by atoms with E-state index in [2.05, 4.69) is 25.8 Å². The van der Waals surface area contributed by atoms with Crippen molar-refractivity contribution in [3.63, 3.8) is 0 Å². The average Bonchev–Trinajstić information content (AvgIpc) is 2.91. The molecule has 0 spiro atoms. The van der Waals surface area contributed by atoms with Crippen LogP contribution in [0.1, 0.15) is 37.8 Å². The van der Waals surface area contributed by atoms with Gasteiger partial charge in [-0.05, 0) is 37.1 Å². The Balaban J connectivity index is 1.66. The molecule has 0 bridgehead atoms. The molecule has 1 amide bonds. The molecule has 0 radical (unpaired) electrons. The molecule has 1 aromatic heterocycles. The molecule has 1 aromatic carbocycles. The fourth-order valence-corrected chi connectivity index (χ4v) is 4.18. The number of benzene rings is 1. The first kappa shape index (κ1) is 17.4. The minimum Gasteiger partial charge on any atom is -0.326 e. The number of amides is 1. The normalized spacial score (nSPS) is 16.3. The van der Waals surface area contributed by atoms with E-state index in [1.54, 1.807) is 11.3 Å². The summed E-state index contributed by atoms with van der Waals surface area (Å²) in [5.41, 5.74) is 1.82. The molecule has 24 heavy (non-hydrogen) atoms. The number of nitrogens with zero attached hydrogens (tertiary/aromatic N) is 2. The third kappa shape index (κ3) is 4.57. The number of rotatable bonds is 4. The number of carbonyl (C=O) groups is 1. The lowest BCUT2D eigenvalue weighted by Crippen LogP contribution is -2.22. The number of hydrogen-bond donors (Lipinski definition) is 1. The molecular formula is C18H22BrN3OS. The van der Waals surface area contributed by atoms with Crippen molar-refractivity contribution in [2.24, 2.45) is 12.0 Å². The summed E-state index contributed by atoms with van der Waals surface area (Å²) in [6.45, 7) is 0. The van der Waals surface area contributed by atoms with Gasteiger partial charge in [0.25, 0.3) is 0 Å². The fourth-order valence-electron chi connectivity index (χ4n) is 2.95. The van der Waals surface area contributed by atoms with Gasteiger partial charge in [-0.1, -0.05) is 35.2 Å². The van der Waals surface area contributed by atoms with Crippen LogP contribution >= 0.6 is 27.3 Å². The number of carbonyl (C=O) groups excluding carboxylic acids is 1. The van der Waals surface area contributed by atoms with E-state index in [0.717, 1.165) is 20.7 Å². The van der Waals surface area contributed by atoms with E-state index in [1.165, 1.54) is 32.1 Å². The van der Waals surface area contributed by atoms with E-state index in [1.807, 2.05) is 36.7 Å². The first-order valence-electron chi connectivity index (χ1n) is 8.34. The molecule has 1 aliphatic rings. The average molecular weight is 408 g/mol. The number of aromatic nitrogens is 1. The molecule has 6 heteroatoms. The summed E-state index contributed by atoms with van der Waals surface area (Å²) < 4.78 is 3.05. The number of nitrogens with one attached hydrogen (secondary N) is 1. The van der Waals surface area contributed by atoms with Crippen molar-refractivity contribution in [1.82, 2.24) is 4.57 Å². The molecular weight excluding hydrogens is 386 g/mol. The maximum absolute atomic E-state index is 12.3. The zero-order valence-electron chi connectivity index (χ0n) is 13.8. The predicted octanol–water partition coefficient (Wildman–Crippen LogP) is 4.26. The van der Waals surface area contributed by atoms with Crippen LogP contribution in [0.5, 0.6) is 0 Å². The summed E-state index contributed by atoms with van der Waals surface area (Å²) >= 11 is 5.02. The number of anilines is 1. The van der Waals surface area contributed by atoms with Crippen LogP contribution in [0.2, 0.25) is 0 Å². The quantitative estimate of drug-likeness (QED) is 0.807. The van der Waals surface area contributed by atoms with E-state index in [0.29, 0.717) is 12.5 Å². The third-order valence-electron chi connectivity index (χ3n) is 4.36. The molecule has 1 N–H and O–H groups in total. The SMILES string of the molecule is Cn1c(CC(=O)Nc2ccc(Br)cc2)csc1=NC1CCCCC1. The van der Waals surface area contributed by atoms with Crippen LogP contribution in [0, 0.1) is 0 Å². The van der Waals surface area contributed by atoms with E-state index < -0.39 is 0 Å². The van der Waals surface area contributed by atoms with Gasteiger partial charge in [0.05, 0.1) is 12.5 Å². The van der Waals surface area contributed by atoms with Gasteiger partial charge in [-0.25, -0.2) is 0 Å². The maximum atomic E-state index is 12.3. The molecule has 1 heterocycles. The molecule has 128 valence electrons. The lowest BCUT2D eigenvalue weighted by molar-refractivity contribution is -0.115. The maximum Gasteiger partial charge on any atom is 0.230 e. The first-order valence-corrected chi connectivity index (χ1v) is 10.0. The van der Waals surface area contributed by atoms with E-state index >= 15 is 0 Å². The summed E-state index contributed by atoms with van der Waals surface area (Å²) in [6, 6.07) is 8.06. The molecule has 3 rings (SSSR count). The largest absolute Gasteiger partial charge is 0.326 e. The first-order chi connectivity index (χ1) is 11.6. The number of thiazole rings is 1. The molecule has 4 nitrogen and oxygen atoms in total. The minimum atomic E-state index is -0.00469. The van der Waals surface area contributed by atoms with Crippen LogP contribution in [-0.4, -0.2) is 16.5 Å². The van der Waals surface area contributed by atoms with E-state index in [9.17, 15) is 4.79 Å². The number of halogens is 1. The van der Waals surface area contributed by atoms with Crippen molar-refractivity contribution < 1.29 is 4.79 Å². The lowest BCUT2D eigenvalue weighted by Gasteiger charge is -2.16. The molecule has 1 aliphatic carbocycles. The monoisotopic (exact) mass is 407 g/mol. The van der Waals surface area contributed by atoms with Crippen molar-refractivity contribution in [3.05, 3.63) is 44.6 Å². The standard InChI is InChI=1S/C18H22BrN3OS/c1-22-16(11-17(23)20-15-9-7-13(19)8-10-15)12-24-18(22)21-14-5-3-2-4-6-14/h7-10,12,14H,2-6,11H2,1H3,(H,20,23). The Hall–Kier alpha value is -1.40. The van der Waals surface area contributed by atoms with Gasteiger partial charge in [0, 0.05) is 28.3 Å². The van der Waals surface area contributed by atoms with Crippen molar-refractivity contribution in [2.45, 2.75) is 44.6 Å². The smallest absolute Gasteiger partial charge is 0.230 e. The zero-order chi connectivity index (χ0) is 16.9. The highest BCUT2D eigenvalue weighted by molar-refractivity contribution is 9.10. The molecule has 2 aromatic rings. The molecule has 0 aliphatic heterocycles. The molecule has 1 saturated carbocycles. The Morgan fingerprint density at radius 2 is 2.00 bits per heavy atom. The molecule has 1 fully saturated rings. The second-order valence-electron chi connectivity index (χ2n) is 6.22. The van der Waals surface area contributed by atoms with Crippen LogP contribution in [0.25, 0.3) is 0 Å². The van der Waals surface area contributed by atoms with Gasteiger partial charge in [-0.15, -0.1) is 11.3 Å². The van der Waals surface area contributed by atoms with E-state index in [4.69, 9.17) is 4.99 Å². The highest BCUT2D eigenvalue weighted by atomic mass is 79.9. The van der Waals surface area contributed by atoms with Crippen molar-refractivity contribution in [2.75, 3.05) is 5.32 Å². The number of hydrogen-bond acceptors (Lipinski definition) is 3. The Morgan fingerprint density at radius 1 is 1.29 bits per heavy atom. The van der Waals surface area contributed by atoms with Crippen molar-refractivity contribution in [3.8, 4) is 0 Å². The summed E-state index contributed by atoms with van der Waals surface area (Å²) in [4.78, 5) is 18.2. The summed E-state index contributed by atoms with van der Waals surface area (Å²) in [6.07, 6.45) is 6.65. The van der Waals surface area contributed by atoms with Gasteiger partial charge in [0.2, 0.25) is 5.91 Å². The van der Waals surface area contributed by atoms with Crippen LogP contribution in [0.15, 0.2) is 39.1 Å². The van der Waals surface area contributed by atoms with Crippen LogP contribution in [0.3, 0.4) is 0 Å². The van der Waals surface area contributed by atoms with E-state index in [-0.39, 0.29) is 5.91 Å². The molecule has 0 unspecified atom stereocenters. The Labute approximate surface area is 154 Å². The predicted molar refractivity (Wildman–Crippen MR) is 102 cm³/mol. The summed E-state index contributed by atoms with van der Waals surface area (Å²) in [5.74, 6) is -0.00469. The highest BCUT2D eigenvalue weighted by Gasteiger charge is 2.13. The van der Waals surface area contributed by atoms with Gasteiger partial charge in [0.15, 0.2) is 4.80 Å². The van der Waals surface area contributed by atoms with Gasteiger partial charge >= 0.3 is 0 Å². The van der Waals surface area contributed by atoms with Crippen molar-refractivity contribution in [1.29, 1.82) is 0 Å². The Bertz CT molecular complexity index is 757. The van der Waals surface area contributed by atoms with Gasteiger partial charge in [-0.3, -0.25) is 9.79 Å². The van der Waals surface area contributed by atoms with Crippen LogP contribution in [-0.2, 0) is 18.3 Å². The van der Waals surface area contributed by atoms with Crippen molar-refractivity contribution >= 4 is 38.9 Å². The fraction of sp³-hybridized carbons (Fsp3) is 0.444. The van der Waals surface area contributed by atoms with Gasteiger partial charge in [0.1, 0.15) is 0 Å². The second kappa shape index (κ2) is 8.12. The lowest BCUT2D eigenvalue weighted by atomic mass is 9.96. The molecule has 0 saturated heterocycles. The van der Waals surface area contributed by atoms with Gasteiger partial charge in [-0.2, -0.15) is 0 Å². The highest BCUT2D eigenvalue weighted by Crippen LogP contribution is 2.20. The molecule has 0 atom stereocenters. The Morgan fingerprint density at radius 3 is 2.71 bits per heavy atom. The minimum absolute atomic E-state index is 0.00469. The van der Waals surface area contributed by atoms with Crippen LogP contribution < -0.4 is 10.1 Å². The third-order valence-corrected chi connectivity index (χ3v) is 5.86.